The fourth-order valence-electron chi connectivity index (χ4n) is 2.59. The first-order valence-corrected chi connectivity index (χ1v) is 9.24. The molecule has 0 unspecified atom stereocenters. The summed E-state index contributed by atoms with van der Waals surface area (Å²) < 4.78 is 22.0. The van der Waals surface area contributed by atoms with Crippen LogP contribution in [0.1, 0.15) is 12.0 Å². The molecule has 1 fully saturated rings. The van der Waals surface area contributed by atoms with Gasteiger partial charge in [-0.05, 0) is 24.3 Å². The molecule has 116 valence electrons. The number of amides is 2. The zero-order chi connectivity index (χ0) is 15.3. The number of rotatable bonds is 5. The van der Waals surface area contributed by atoms with Gasteiger partial charge in [-0.15, -0.1) is 0 Å². The number of nitrogens with zero attached hydrogens (tertiary/aromatic N) is 1. The molecule has 0 saturated carbocycles. The molecule has 6 heteroatoms. The van der Waals surface area contributed by atoms with Crippen LogP contribution in [0.5, 0.6) is 0 Å². The molecule has 0 radical (unpaired) electrons. The maximum atomic E-state index is 11.9. The van der Waals surface area contributed by atoms with Gasteiger partial charge in [-0.25, -0.2) is 13.2 Å². The van der Waals surface area contributed by atoms with Gasteiger partial charge in [0.2, 0.25) is 0 Å². The topological polar surface area (TPSA) is 66.5 Å². The van der Waals surface area contributed by atoms with Crippen LogP contribution < -0.4 is 5.32 Å². The van der Waals surface area contributed by atoms with Crippen LogP contribution in [0, 0.1) is 5.92 Å². The van der Waals surface area contributed by atoms with Gasteiger partial charge in [0.25, 0.3) is 0 Å². The number of sulfone groups is 1. The van der Waals surface area contributed by atoms with E-state index in [-0.39, 0.29) is 18.3 Å². The highest BCUT2D eigenvalue weighted by Gasteiger charge is 2.26. The first kappa shape index (κ1) is 15.8. The van der Waals surface area contributed by atoms with E-state index in [2.05, 4.69) is 17.4 Å². The molecule has 1 aromatic rings. The summed E-state index contributed by atoms with van der Waals surface area (Å²) in [5.41, 5.74) is 1.29. The second-order valence-electron chi connectivity index (χ2n) is 5.65. The van der Waals surface area contributed by atoms with Gasteiger partial charge >= 0.3 is 6.03 Å². The van der Waals surface area contributed by atoms with E-state index < -0.39 is 9.84 Å². The molecule has 1 N–H and O–H groups in total. The predicted octanol–water partition coefficient (Wildman–Crippen LogP) is 1.31. The quantitative estimate of drug-likeness (QED) is 0.891. The Morgan fingerprint density at radius 3 is 2.71 bits per heavy atom. The van der Waals surface area contributed by atoms with E-state index in [1.54, 1.807) is 4.90 Å². The number of carbonyl (C=O) groups is 1. The Kier molecular flexibility index (Phi) is 5.22. The summed E-state index contributed by atoms with van der Waals surface area (Å²) in [4.78, 5) is 13.7. The minimum Gasteiger partial charge on any atom is -0.337 e. The monoisotopic (exact) mass is 310 g/mol. The number of benzene rings is 1. The van der Waals surface area contributed by atoms with Gasteiger partial charge in [-0.3, -0.25) is 0 Å². The van der Waals surface area contributed by atoms with Crippen LogP contribution in [0.3, 0.4) is 0 Å². The zero-order valence-electron chi connectivity index (χ0n) is 12.3. The summed E-state index contributed by atoms with van der Waals surface area (Å²) in [5, 5.41) is 2.67. The van der Waals surface area contributed by atoms with E-state index >= 15 is 0 Å². The SMILES string of the molecule is CS(=O)(=O)CCNC(=O)N1CC[C@@H](Cc2ccccc2)C1. The van der Waals surface area contributed by atoms with Gasteiger partial charge < -0.3 is 10.2 Å². The van der Waals surface area contributed by atoms with E-state index in [4.69, 9.17) is 0 Å². The third kappa shape index (κ3) is 5.38. The van der Waals surface area contributed by atoms with Crippen LogP contribution in [0.25, 0.3) is 0 Å². The van der Waals surface area contributed by atoms with E-state index in [0.717, 1.165) is 25.9 Å². The molecule has 1 heterocycles. The number of hydrogen-bond donors (Lipinski definition) is 1. The molecule has 0 aliphatic carbocycles. The molecule has 1 aliphatic heterocycles. The highest BCUT2D eigenvalue weighted by Crippen LogP contribution is 2.20. The first-order chi connectivity index (χ1) is 9.94. The molecule has 5 nitrogen and oxygen atoms in total. The van der Waals surface area contributed by atoms with Crippen molar-refractivity contribution >= 4 is 15.9 Å². The van der Waals surface area contributed by atoms with Crippen molar-refractivity contribution < 1.29 is 13.2 Å². The van der Waals surface area contributed by atoms with Crippen molar-refractivity contribution in [3.8, 4) is 0 Å². The summed E-state index contributed by atoms with van der Waals surface area (Å²) >= 11 is 0. The number of nitrogens with one attached hydrogen (secondary N) is 1. The van der Waals surface area contributed by atoms with Gasteiger partial charge in [0.1, 0.15) is 9.84 Å². The van der Waals surface area contributed by atoms with Crippen molar-refractivity contribution in [2.24, 2.45) is 5.92 Å². The van der Waals surface area contributed by atoms with Crippen LogP contribution in [-0.2, 0) is 16.3 Å². The molecule has 2 rings (SSSR count). The van der Waals surface area contributed by atoms with E-state index in [9.17, 15) is 13.2 Å². The molecular weight excluding hydrogens is 288 g/mol. The van der Waals surface area contributed by atoms with E-state index in [1.807, 2.05) is 18.2 Å². The maximum absolute atomic E-state index is 11.9. The summed E-state index contributed by atoms with van der Waals surface area (Å²) in [6, 6.07) is 10.1. The second kappa shape index (κ2) is 6.93. The molecule has 1 aliphatic rings. The molecule has 1 saturated heterocycles. The molecule has 21 heavy (non-hydrogen) atoms. The smallest absolute Gasteiger partial charge is 0.317 e. The predicted molar refractivity (Wildman–Crippen MR) is 82.9 cm³/mol. The molecule has 2 amide bonds. The van der Waals surface area contributed by atoms with Crippen molar-refractivity contribution in [2.45, 2.75) is 12.8 Å². The van der Waals surface area contributed by atoms with E-state index in [0.29, 0.717) is 5.92 Å². The largest absolute Gasteiger partial charge is 0.337 e. The lowest BCUT2D eigenvalue weighted by Crippen LogP contribution is -2.40. The highest BCUT2D eigenvalue weighted by molar-refractivity contribution is 7.90. The van der Waals surface area contributed by atoms with Crippen molar-refractivity contribution in [1.82, 2.24) is 10.2 Å². The van der Waals surface area contributed by atoms with Gasteiger partial charge in [0.05, 0.1) is 5.75 Å². The van der Waals surface area contributed by atoms with Crippen LogP contribution in [0.15, 0.2) is 30.3 Å². The number of carbonyl (C=O) groups excluding carboxylic acids is 1. The molecule has 1 aromatic carbocycles. The Morgan fingerprint density at radius 1 is 1.33 bits per heavy atom. The fourth-order valence-corrected chi connectivity index (χ4v) is 3.06. The van der Waals surface area contributed by atoms with Crippen molar-refractivity contribution in [3.63, 3.8) is 0 Å². The molecule has 1 atom stereocenters. The van der Waals surface area contributed by atoms with Gasteiger partial charge in [0.15, 0.2) is 0 Å². The van der Waals surface area contributed by atoms with E-state index in [1.165, 1.54) is 11.8 Å². The average molecular weight is 310 g/mol. The third-order valence-corrected chi connectivity index (χ3v) is 4.64. The molecule has 0 bridgehead atoms. The number of likely N-dealkylation sites (tertiary alicyclic amines) is 1. The minimum absolute atomic E-state index is 0.0139. The third-order valence-electron chi connectivity index (χ3n) is 3.69. The Hall–Kier alpha value is -1.56. The summed E-state index contributed by atoms with van der Waals surface area (Å²) in [5.74, 6) is 0.466. The molecule has 0 spiro atoms. The maximum Gasteiger partial charge on any atom is 0.317 e. The lowest BCUT2D eigenvalue weighted by molar-refractivity contribution is 0.207. The molecule has 0 aromatic heterocycles. The number of urea groups is 1. The summed E-state index contributed by atoms with van der Waals surface area (Å²) in [6.07, 6.45) is 3.15. The van der Waals surface area contributed by atoms with Gasteiger partial charge in [-0.2, -0.15) is 0 Å². The summed E-state index contributed by atoms with van der Waals surface area (Å²) in [7, 11) is -3.03. The highest BCUT2D eigenvalue weighted by atomic mass is 32.2. The van der Waals surface area contributed by atoms with Gasteiger partial charge in [0, 0.05) is 25.9 Å². The van der Waals surface area contributed by atoms with Crippen molar-refractivity contribution in [1.29, 1.82) is 0 Å². The summed E-state index contributed by atoms with van der Waals surface area (Å²) in [6.45, 7) is 1.65. The Balaban J connectivity index is 1.75. The minimum atomic E-state index is -3.03. The van der Waals surface area contributed by atoms with Crippen molar-refractivity contribution in [3.05, 3.63) is 35.9 Å². The van der Waals surface area contributed by atoms with Crippen LogP contribution in [-0.4, -0.2) is 51.0 Å². The first-order valence-electron chi connectivity index (χ1n) is 7.18. The van der Waals surface area contributed by atoms with Crippen molar-refractivity contribution in [2.75, 3.05) is 31.6 Å². The second-order valence-corrected chi connectivity index (χ2v) is 7.91. The Morgan fingerprint density at radius 2 is 2.05 bits per heavy atom. The zero-order valence-corrected chi connectivity index (χ0v) is 13.1. The van der Waals surface area contributed by atoms with Crippen LogP contribution in [0.2, 0.25) is 0 Å². The molecular formula is C15H22N2O3S. The lowest BCUT2D eigenvalue weighted by atomic mass is 9.99. The number of hydrogen-bond acceptors (Lipinski definition) is 3. The van der Waals surface area contributed by atoms with Gasteiger partial charge in [-0.1, -0.05) is 30.3 Å². The Labute approximate surface area is 126 Å². The lowest BCUT2D eigenvalue weighted by Gasteiger charge is -2.17. The average Bonchev–Trinajstić information content (AvgIpc) is 2.87. The fraction of sp³-hybridized carbons (Fsp3) is 0.533. The van der Waals surface area contributed by atoms with Crippen LogP contribution in [0.4, 0.5) is 4.79 Å². The Bertz CT molecular complexity index is 572. The van der Waals surface area contributed by atoms with Crippen LogP contribution >= 0.6 is 0 Å². The standard InChI is InChI=1S/C15H22N2O3S/c1-21(19,20)10-8-16-15(18)17-9-7-14(12-17)11-13-5-3-2-4-6-13/h2-6,14H,7-12H2,1H3,(H,16,18)/t14-/m0/s1. The normalized spacial score (nSPS) is 18.7.